The molecule has 0 rings (SSSR count). The number of hydrogen-bond donors (Lipinski definition) is 2. The summed E-state index contributed by atoms with van der Waals surface area (Å²) in [6.45, 7) is 3.78. The van der Waals surface area contributed by atoms with Crippen molar-refractivity contribution in [3.63, 3.8) is 0 Å². The highest BCUT2D eigenvalue weighted by molar-refractivity contribution is 7.47. The Labute approximate surface area is 458 Å². The lowest BCUT2D eigenvalue weighted by Gasteiger charge is -2.19. The topological polar surface area (TPSA) is 134 Å². The predicted molar refractivity (Wildman–Crippen MR) is 317 cm³/mol. The Balaban J connectivity index is 3.82. The average Bonchev–Trinajstić information content (AvgIpc) is 3.39. The third-order valence-corrected chi connectivity index (χ3v) is 15.2. The van der Waals surface area contributed by atoms with Crippen molar-refractivity contribution in [2.75, 3.05) is 26.4 Å². The van der Waals surface area contributed by atoms with Crippen molar-refractivity contribution in [3.05, 3.63) is 36.5 Å². The molecule has 0 radical (unpaired) electrons. The molecule has 0 heterocycles. The van der Waals surface area contributed by atoms with Crippen LogP contribution in [0.2, 0.25) is 0 Å². The number of unbranched alkanes of at least 4 members (excludes halogenated alkanes) is 42. The molecule has 2 atom stereocenters. The standard InChI is InChI=1S/C64H122NO8P/c1-3-5-7-9-11-13-15-17-19-21-23-24-25-26-27-28-29-30-31-32-33-34-35-36-37-38-39-41-43-45-47-49-51-53-55-57-64(67)73-62(61-72-74(68,69)71-59-58-65)60-70-63(66)56-54-52-50-48-46-44-42-40-22-20-18-16-14-12-10-8-6-4-2/h15,17,20-23,62H,3-14,16,18-19,24-61,65H2,1-2H3,(H,68,69)/b17-15-,22-20-,23-21-. The molecule has 0 aromatic carbocycles. The van der Waals surface area contributed by atoms with E-state index in [-0.39, 0.29) is 38.6 Å². The summed E-state index contributed by atoms with van der Waals surface area (Å²) in [5.74, 6) is -0.816. The van der Waals surface area contributed by atoms with Gasteiger partial charge in [-0.1, -0.05) is 281 Å². The van der Waals surface area contributed by atoms with Crippen molar-refractivity contribution in [1.82, 2.24) is 0 Å². The van der Waals surface area contributed by atoms with Crippen molar-refractivity contribution < 1.29 is 37.6 Å². The Hall–Kier alpha value is -1.77. The lowest BCUT2D eigenvalue weighted by atomic mass is 10.0. The summed E-state index contributed by atoms with van der Waals surface area (Å²) in [7, 11) is -4.39. The Morgan fingerprint density at radius 2 is 0.703 bits per heavy atom. The summed E-state index contributed by atoms with van der Waals surface area (Å²) in [4.78, 5) is 35.2. The van der Waals surface area contributed by atoms with E-state index in [0.717, 1.165) is 44.9 Å². The Morgan fingerprint density at radius 1 is 0.405 bits per heavy atom. The number of ether oxygens (including phenoxy) is 2. The van der Waals surface area contributed by atoms with E-state index in [1.807, 2.05) is 0 Å². The Morgan fingerprint density at radius 3 is 1.04 bits per heavy atom. The largest absolute Gasteiger partial charge is 0.472 e. The second-order valence-corrected chi connectivity index (χ2v) is 23.1. The van der Waals surface area contributed by atoms with Crippen LogP contribution in [-0.4, -0.2) is 49.3 Å². The highest BCUT2D eigenvalue weighted by Crippen LogP contribution is 2.43. The minimum absolute atomic E-state index is 0.0548. The maximum absolute atomic E-state index is 12.7. The van der Waals surface area contributed by atoms with E-state index in [1.54, 1.807) is 0 Å². The SMILES string of the molecule is CCCCCCC/C=C\C/C=C\CCCCCCCCCCCCCCCCCCCCCCCCCC(=O)OC(COC(=O)CCCCCCCCC/C=C\CCCCCCCCC)COP(=O)(O)OCCN. The molecule has 0 aliphatic heterocycles. The normalized spacial score (nSPS) is 13.2. The van der Waals surface area contributed by atoms with E-state index in [9.17, 15) is 19.0 Å². The van der Waals surface area contributed by atoms with E-state index in [1.165, 1.54) is 250 Å². The molecular formula is C64H122NO8P. The monoisotopic (exact) mass is 1060 g/mol. The zero-order valence-electron chi connectivity index (χ0n) is 48.8. The van der Waals surface area contributed by atoms with Crippen molar-refractivity contribution in [2.24, 2.45) is 5.73 Å². The first-order valence-electron chi connectivity index (χ1n) is 32.0. The lowest BCUT2D eigenvalue weighted by Crippen LogP contribution is -2.29. The van der Waals surface area contributed by atoms with Gasteiger partial charge in [-0.15, -0.1) is 0 Å². The third-order valence-electron chi connectivity index (χ3n) is 14.2. The lowest BCUT2D eigenvalue weighted by molar-refractivity contribution is -0.161. The second kappa shape index (κ2) is 60.5. The number of hydrogen-bond acceptors (Lipinski definition) is 8. The number of phosphoric acid groups is 1. The van der Waals surface area contributed by atoms with Crippen molar-refractivity contribution in [3.8, 4) is 0 Å². The van der Waals surface area contributed by atoms with Gasteiger partial charge >= 0.3 is 19.8 Å². The van der Waals surface area contributed by atoms with Gasteiger partial charge < -0.3 is 20.1 Å². The molecule has 2 unspecified atom stereocenters. The highest BCUT2D eigenvalue weighted by Gasteiger charge is 2.26. The first kappa shape index (κ1) is 72.2. The van der Waals surface area contributed by atoms with Gasteiger partial charge in [-0.05, 0) is 70.6 Å². The molecule has 0 bridgehead atoms. The first-order valence-corrected chi connectivity index (χ1v) is 33.5. The van der Waals surface area contributed by atoms with Crippen LogP contribution < -0.4 is 5.73 Å². The smallest absolute Gasteiger partial charge is 0.462 e. The number of rotatable bonds is 61. The van der Waals surface area contributed by atoms with Crippen LogP contribution >= 0.6 is 7.82 Å². The fourth-order valence-electron chi connectivity index (χ4n) is 9.49. The van der Waals surface area contributed by atoms with Crippen molar-refractivity contribution in [1.29, 1.82) is 0 Å². The van der Waals surface area contributed by atoms with Crippen LogP contribution in [0.1, 0.15) is 328 Å². The first-order chi connectivity index (χ1) is 36.3. The Bertz CT molecular complexity index is 1310. The molecule has 0 amide bonds. The summed E-state index contributed by atoms with van der Waals surface area (Å²) >= 11 is 0. The summed E-state index contributed by atoms with van der Waals surface area (Å²) in [5.41, 5.74) is 5.39. The number of nitrogens with two attached hydrogens (primary N) is 1. The van der Waals surface area contributed by atoms with Crippen LogP contribution in [0.25, 0.3) is 0 Å². The molecule has 0 fully saturated rings. The molecule has 0 spiro atoms. The van der Waals surface area contributed by atoms with Crippen LogP contribution in [-0.2, 0) is 32.7 Å². The number of allylic oxidation sites excluding steroid dienone is 6. The molecule has 0 aliphatic rings. The van der Waals surface area contributed by atoms with Gasteiger partial charge in [-0.25, -0.2) is 4.57 Å². The molecular weight excluding hydrogens is 942 g/mol. The van der Waals surface area contributed by atoms with E-state index in [0.29, 0.717) is 6.42 Å². The molecule has 0 aromatic heterocycles. The number of carbonyl (C=O) groups excluding carboxylic acids is 2. The molecule has 0 aromatic rings. The summed E-state index contributed by atoms with van der Waals surface area (Å²) in [6.07, 6.45) is 73.7. The van der Waals surface area contributed by atoms with Crippen molar-refractivity contribution in [2.45, 2.75) is 335 Å². The van der Waals surface area contributed by atoms with E-state index < -0.39 is 26.5 Å². The van der Waals surface area contributed by atoms with E-state index in [2.05, 4.69) is 50.3 Å². The van der Waals surface area contributed by atoms with E-state index >= 15 is 0 Å². The van der Waals surface area contributed by atoms with Crippen LogP contribution in [0, 0.1) is 0 Å². The maximum Gasteiger partial charge on any atom is 0.472 e. The zero-order valence-corrected chi connectivity index (χ0v) is 49.7. The summed E-state index contributed by atoms with van der Waals surface area (Å²) < 4.78 is 33.1. The molecule has 436 valence electrons. The van der Waals surface area contributed by atoms with Crippen molar-refractivity contribution >= 4 is 19.8 Å². The van der Waals surface area contributed by atoms with Gasteiger partial charge in [0.1, 0.15) is 6.61 Å². The van der Waals surface area contributed by atoms with Crippen LogP contribution in [0.4, 0.5) is 0 Å². The third kappa shape index (κ3) is 59.5. The van der Waals surface area contributed by atoms with Gasteiger partial charge in [0.05, 0.1) is 13.2 Å². The quantitative estimate of drug-likeness (QED) is 0.0264. The molecule has 10 heteroatoms. The molecule has 9 nitrogen and oxygen atoms in total. The summed E-state index contributed by atoms with van der Waals surface area (Å²) in [6, 6.07) is 0. The van der Waals surface area contributed by atoms with E-state index in [4.69, 9.17) is 24.3 Å². The molecule has 74 heavy (non-hydrogen) atoms. The average molecular weight is 1060 g/mol. The predicted octanol–water partition coefficient (Wildman–Crippen LogP) is 20.4. The van der Waals surface area contributed by atoms with Crippen LogP contribution in [0.5, 0.6) is 0 Å². The van der Waals surface area contributed by atoms with Crippen LogP contribution in [0.15, 0.2) is 36.5 Å². The molecule has 3 N–H and O–H groups in total. The number of phosphoric ester groups is 1. The van der Waals surface area contributed by atoms with Crippen LogP contribution in [0.3, 0.4) is 0 Å². The highest BCUT2D eigenvalue weighted by atomic mass is 31.2. The fourth-order valence-corrected chi connectivity index (χ4v) is 10.3. The number of carbonyl (C=O) groups is 2. The minimum atomic E-state index is -4.39. The molecule has 0 saturated heterocycles. The maximum atomic E-state index is 12.7. The second-order valence-electron chi connectivity index (χ2n) is 21.6. The fraction of sp³-hybridized carbons (Fsp3) is 0.875. The number of esters is 2. The van der Waals surface area contributed by atoms with Gasteiger partial charge in [0.15, 0.2) is 6.10 Å². The van der Waals surface area contributed by atoms with Gasteiger partial charge in [-0.2, -0.15) is 0 Å². The molecule has 0 saturated carbocycles. The Kier molecular flexibility index (Phi) is 59.0. The van der Waals surface area contributed by atoms with Gasteiger partial charge in [0.25, 0.3) is 0 Å². The minimum Gasteiger partial charge on any atom is -0.462 e. The summed E-state index contributed by atoms with van der Waals surface area (Å²) in [5, 5.41) is 0. The zero-order chi connectivity index (χ0) is 53.8. The van der Waals surface area contributed by atoms with Gasteiger partial charge in [-0.3, -0.25) is 18.6 Å². The van der Waals surface area contributed by atoms with Gasteiger partial charge in [0, 0.05) is 19.4 Å². The molecule has 0 aliphatic carbocycles. The van der Waals surface area contributed by atoms with Gasteiger partial charge in [0.2, 0.25) is 0 Å².